The lowest BCUT2D eigenvalue weighted by atomic mass is 10.0. The van der Waals surface area contributed by atoms with Crippen molar-refractivity contribution in [2.24, 2.45) is 0 Å². The van der Waals surface area contributed by atoms with Crippen molar-refractivity contribution in [3.8, 4) is 23.4 Å². The second kappa shape index (κ2) is 7.00. The monoisotopic (exact) mass is 327 g/mol. The second-order valence-corrected chi connectivity index (χ2v) is 6.30. The number of aromatic nitrogens is 1. The fourth-order valence-corrected chi connectivity index (χ4v) is 3.14. The molecule has 0 saturated heterocycles. The fourth-order valence-electron chi connectivity index (χ4n) is 2.27. The van der Waals surface area contributed by atoms with Crippen molar-refractivity contribution in [3.05, 3.63) is 77.4 Å². The molecule has 0 amide bonds. The number of benzene rings is 2. The summed E-state index contributed by atoms with van der Waals surface area (Å²) in [6.07, 6.45) is 0. The van der Waals surface area contributed by atoms with Crippen LogP contribution in [0, 0.1) is 29.6 Å². The fraction of sp³-hybridized carbons (Fsp3) is 0.0500. The van der Waals surface area contributed by atoms with Crippen molar-refractivity contribution in [1.82, 2.24) is 4.98 Å². The molecule has 1 heterocycles. The summed E-state index contributed by atoms with van der Waals surface area (Å²) in [5, 5.41) is 19.4. The van der Waals surface area contributed by atoms with Crippen LogP contribution in [0.25, 0.3) is 11.3 Å². The largest absolute Gasteiger partial charge is 0.238 e. The maximum Gasteiger partial charge on any atom is 0.119 e. The molecule has 0 bridgehead atoms. The second-order valence-electron chi connectivity index (χ2n) is 5.24. The molecule has 0 saturated carbocycles. The Labute approximate surface area is 145 Å². The zero-order valence-corrected chi connectivity index (χ0v) is 13.8. The number of pyridine rings is 1. The van der Waals surface area contributed by atoms with Gasteiger partial charge in [0.2, 0.25) is 0 Å². The van der Waals surface area contributed by atoms with Gasteiger partial charge in [-0.15, -0.1) is 0 Å². The van der Waals surface area contributed by atoms with E-state index in [1.54, 1.807) is 6.07 Å². The van der Waals surface area contributed by atoms with Crippen LogP contribution in [0.4, 0.5) is 0 Å². The highest BCUT2D eigenvalue weighted by molar-refractivity contribution is 7.99. The molecule has 3 aromatic rings. The van der Waals surface area contributed by atoms with E-state index in [0.717, 1.165) is 16.0 Å². The average Bonchev–Trinajstić information content (AvgIpc) is 2.63. The zero-order valence-electron chi connectivity index (χ0n) is 13.0. The summed E-state index contributed by atoms with van der Waals surface area (Å²) >= 11 is 1.43. The first-order valence-electron chi connectivity index (χ1n) is 7.36. The summed E-state index contributed by atoms with van der Waals surface area (Å²) in [6, 6.07) is 23.5. The molecule has 1 aromatic heterocycles. The summed E-state index contributed by atoms with van der Waals surface area (Å²) in [7, 11) is 0. The number of aryl methyl sites for hydroxylation is 1. The van der Waals surface area contributed by atoms with Gasteiger partial charge in [-0.3, -0.25) is 0 Å². The highest BCUT2D eigenvalue weighted by Gasteiger charge is 2.14. The molecular weight excluding hydrogens is 314 g/mol. The van der Waals surface area contributed by atoms with E-state index in [1.807, 2.05) is 61.5 Å². The van der Waals surface area contributed by atoms with Crippen LogP contribution in [0.3, 0.4) is 0 Å². The summed E-state index contributed by atoms with van der Waals surface area (Å²) in [6.45, 7) is 2.01. The first-order chi connectivity index (χ1) is 11.7. The Hall–Kier alpha value is -3.08. The summed E-state index contributed by atoms with van der Waals surface area (Å²) in [5.41, 5.74) is 3.44. The molecule has 0 fully saturated rings. The highest BCUT2D eigenvalue weighted by atomic mass is 32.2. The van der Waals surface area contributed by atoms with Crippen molar-refractivity contribution >= 4 is 11.8 Å². The van der Waals surface area contributed by atoms with E-state index in [-0.39, 0.29) is 0 Å². The van der Waals surface area contributed by atoms with Gasteiger partial charge in [0.15, 0.2) is 0 Å². The van der Waals surface area contributed by atoms with Gasteiger partial charge in [-0.05, 0) is 25.1 Å². The molecule has 0 atom stereocenters. The molecule has 114 valence electrons. The predicted octanol–water partition coefficient (Wildman–Crippen LogP) is 4.95. The van der Waals surface area contributed by atoms with Crippen LogP contribution in [0.5, 0.6) is 0 Å². The molecule has 0 aliphatic rings. The Morgan fingerprint density at radius 2 is 1.54 bits per heavy atom. The van der Waals surface area contributed by atoms with E-state index < -0.39 is 0 Å². The van der Waals surface area contributed by atoms with Crippen molar-refractivity contribution in [1.29, 1.82) is 10.5 Å². The normalized spacial score (nSPS) is 9.96. The van der Waals surface area contributed by atoms with Gasteiger partial charge >= 0.3 is 0 Å². The van der Waals surface area contributed by atoms with E-state index >= 15 is 0 Å². The minimum atomic E-state index is 0.410. The molecule has 2 aromatic carbocycles. The molecule has 0 spiro atoms. The maximum absolute atomic E-state index is 9.43. The number of nitrogens with zero attached hydrogens (tertiary/aromatic N) is 3. The summed E-state index contributed by atoms with van der Waals surface area (Å²) < 4.78 is 0. The van der Waals surface area contributed by atoms with Crippen molar-refractivity contribution in [3.63, 3.8) is 0 Å². The van der Waals surface area contributed by atoms with Crippen LogP contribution in [-0.2, 0) is 0 Å². The zero-order chi connectivity index (χ0) is 16.9. The minimum absolute atomic E-state index is 0.410. The van der Waals surface area contributed by atoms with Crippen LogP contribution < -0.4 is 0 Å². The van der Waals surface area contributed by atoms with Crippen LogP contribution in [0.1, 0.15) is 16.7 Å². The Kier molecular flexibility index (Phi) is 4.61. The van der Waals surface area contributed by atoms with E-state index in [2.05, 4.69) is 17.1 Å². The standard InChI is InChI=1S/C20H13N3S/c1-14-7-9-15(10-8-14)19-16(12-21)11-17(13-22)20(23-19)24-18-5-3-2-4-6-18/h2-11H,1H3. The number of rotatable bonds is 3. The molecule has 0 aliphatic heterocycles. The molecule has 0 radical (unpaired) electrons. The van der Waals surface area contributed by atoms with Gasteiger partial charge in [-0.1, -0.05) is 59.8 Å². The Balaban J connectivity index is 2.12. The van der Waals surface area contributed by atoms with Gasteiger partial charge in [-0.2, -0.15) is 10.5 Å². The predicted molar refractivity (Wildman–Crippen MR) is 94.4 cm³/mol. The van der Waals surface area contributed by atoms with E-state index in [0.29, 0.717) is 21.8 Å². The third-order valence-corrected chi connectivity index (χ3v) is 4.52. The average molecular weight is 327 g/mol. The van der Waals surface area contributed by atoms with E-state index in [9.17, 15) is 10.5 Å². The van der Waals surface area contributed by atoms with Gasteiger partial charge in [0.25, 0.3) is 0 Å². The first-order valence-corrected chi connectivity index (χ1v) is 8.18. The number of hydrogen-bond acceptors (Lipinski definition) is 4. The van der Waals surface area contributed by atoms with E-state index in [4.69, 9.17) is 0 Å². The molecule has 4 heteroatoms. The van der Waals surface area contributed by atoms with Crippen molar-refractivity contribution in [2.45, 2.75) is 16.8 Å². The lowest BCUT2D eigenvalue weighted by molar-refractivity contribution is 1.11. The molecule has 0 N–H and O–H groups in total. The smallest absolute Gasteiger partial charge is 0.119 e. The lowest BCUT2D eigenvalue weighted by Gasteiger charge is -2.09. The van der Waals surface area contributed by atoms with Crippen LogP contribution in [-0.4, -0.2) is 4.98 Å². The van der Waals surface area contributed by atoms with Gasteiger partial charge < -0.3 is 0 Å². The van der Waals surface area contributed by atoms with Crippen molar-refractivity contribution < 1.29 is 0 Å². The van der Waals surface area contributed by atoms with Gasteiger partial charge in [0.05, 0.1) is 16.8 Å². The number of nitriles is 2. The third kappa shape index (κ3) is 3.30. The van der Waals surface area contributed by atoms with Gasteiger partial charge in [0, 0.05) is 10.5 Å². The highest BCUT2D eigenvalue weighted by Crippen LogP contribution is 2.32. The van der Waals surface area contributed by atoms with Crippen LogP contribution >= 0.6 is 11.8 Å². The van der Waals surface area contributed by atoms with Crippen LogP contribution in [0.2, 0.25) is 0 Å². The van der Waals surface area contributed by atoms with Crippen LogP contribution in [0.15, 0.2) is 70.6 Å². The Morgan fingerprint density at radius 3 is 2.17 bits per heavy atom. The molecule has 0 unspecified atom stereocenters. The topological polar surface area (TPSA) is 60.5 Å². The maximum atomic E-state index is 9.43. The molecular formula is C20H13N3S. The minimum Gasteiger partial charge on any atom is -0.238 e. The molecule has 3 rings (SSSR count). The SMILES string of the molecule is Cc1ccc(-c2nc(Sc3ccccc3)c(C#N)cc2C#N)cc1. The molecule has 0 aliphatic carbocycles. The number of hydrogen-bond donors (Lipinski definition) is 0. The third-order valence-electron chi connectivity index (χ3n) is 3.51. The van der Waals surface area contributed by atoms with Gasteiger partial charge in [-0.25, -0.2) is 4.98 Å². The first kappa shape index (κ1) is 15.8. The lowest BCUT2D eigenvalue weighted by Crippen LogP contribution is -1.95. The Morgan fingerprint density at radius 1 is 0.875 bits per heavy atom. The summed E-state index contributed by atoms with van der Waals surface area (Å²) in [4.78, 5) is 5.63. The summed E-state index contributed by atoms with van der Waals surface area (Å²) in [5.74, 6) is 0. The van der Waals surface area contributed by atoms with E-state index in [1.165, 1.54) is 11.8 Å². The van der Waals surface area contributed by atoms with Crippen molar-refractivity contribution in [2.75, 3.05) is 0 Å². The molecule has 24 heavy (non-hydrogen) atoms. The van der Waals surface area contributed by atoms with Gasteiger partial charge in [0.1, 0.15) is 17.2 Å². The molecule has 3 nitrogen and oxygen atoms in total. The quantitative estimate of drug-likeness (QED) is 0.683. The Bertz CT molecular complexity index is 949.